The topological polar surface area (TPSA) is 81.8 Å². The number of nitrogens with one attached hydrogen (secondary N) is 2. The second kappa shape index (κ2) is 10.2. The van der Waals surface area contributed by atoms with Crippen LogP contribution < -0.4 is 10.6 Å². The largest absolute Gasteiger partial charge is 0.352 e. The molecule has 2 saturated heterocycles. The highest BCUT2D eigenvalue weighted by atomic mass is 16.2. The maximum Gasteiger partial charge on any atom is 0.319 e. The number of hydrogen-bond donors (Lipinski definition) is 2. The smallest absolute Gasteiger partial charge is 0.319 e. The molecule has 7 nitrogen and oxygen atoms in total. The lowest BCUT2D eigenvalue weighted by atomic mass is 9.96. The van der Waals surface area contributed by atoms with E-state index in [1.165, 1.54) is 0 Å². The fraction of sp³-hybridized carbons (Fsp3) is 0.625. The van der Waals surface area contributed by atoms with E-state index in [0.717, 1.165) is 62.9 Å². The van der Waals surface area contributed by atoms with Gasteiger partial charge in [-0.15, -0.1) is 0 Å². The second-order valence-electron chi connectivity index (χ2n) is 9.13. The van der Waals surface area contributed by atoms with Crippen molar-refractivity contribution in [3.05, 3.63) is 29.8 Å². The summed E-state index contributed by atoms with van der Waals surface area (Å²) >= 11 is 0. The Hall–Kier alpha value is -2.57. The quantitative estimate of drug-likeness (QED) is 0.758. The van der Waals surface area contributed by atoms with Gasteiger partial charge in [-0.05, 0) is 56.2 Å². The summed E-state index contributed by atoms with van der Waals surface area (Å²) in [5, 5.41) is 6.06. The van der Waals surface area contributed by atoms with E-state index in [4.69, 9.17) is 0 Å². The minimum Gasteiger partial charge on any atom is -0.352 e. The molecule has 2 N–H and O–H groups in total. The highest BCUT2D eigenvalue weighted by molar-refractivity contribution is 5.92. The van der Waals surface area contributed by atoms with Crippen molar-refractivity contribution >= 4 is 23.5 Å². The summed E-state index contributed by atoms with van der Waals surface area (Å²) in [5.74, 6) is 0.238. The Balaban J connectivity index is 1.22. The molecule has 3 fully saturated rings. The molecule has 0 radical (unpaired) electrons. The van der Waals surface area contributed by atoms with Gasteiger partial charge in [-0.2, -0.15) is 0 Å². The van der Waals surface area contributed by atoms with Crippen LogP contribution in [0.5, 0.6) is 0 Å². The zero-order chi connectivity index (χ0) is 21.6. The summed E-state index contributed by atoms with van der Waals surface area (Å²) < 4.78 is 0. The average molecular weight is 427 g/mol. The Morgan fingerprint density at radius 3 is 2.16 bits per heavy atom. The molecule has 168 valence electrons. The minimum absolute atomic E-state index is 0.0483. The molecule has 0 spiro atoms. The van der Waals surface area contributed by atoms with Crippen LogP contribution in [0.15, 0.2) is 24.3 Å². The number of piperidine rings is 1. The predicted molar refractivity (Wildman–Crippen MR) is 119 cm³/mol. The van der Waals surface area contributed by atoms with E-state index in [1.807, 2.05) is 34.1 Å². The number of nitrogens with zero attached hydrogens (tertiary/aromatic N) is 2. The molecule has 0 unspecified atom stereocenters. The number of rotatable bonds is 5. The summed E-state index contributed by atoms with van der Waals surface area (Å²) in [7, 11) is 0. The zero-order valence-corrected chi connectivity index (χ0v) is 18.3. The van der Waals surface area contributed by atoms with Crippen LogP contribution in [0.25, 0.3) is 0 Å². The summed E-state index contributed by atoms with van der Waals surface area (Å²) in [5.41, 5.74) is 1.76. The molecule has 4 rings (SSSR count). The normalized spacial score (nSPS) is 20.1. The van der Waals surface area contributed by atoms with E-state index in [-0.39, 0.29) is 29.7 Å². The predicted octanol–water partition coefficient (Wildman–Crippen LogP) is 3.36. The van der Waals surface area contributed by atoms with Gasteiger partial charge in [0.15, 0.2) is 0 Å². The van der Waals surface area contributed by atoms with E-state index < -0.39 is 0 Å². The molecule has 7 heteroatoms. The number of likely N-dealkylation sites (tertiary alicyclic amines) is 2. The summed E-state index contributed by atoms with van der Waals surface area (Å²) in [4.78, 5) is 41.3. The zero-order valence-electron chi connectivity index (χ0n) is 18.3. The molecule has 3 aliphatic rings. The van der Waals surface area contributed by atoms with E-state index >= 15 is 0 Å². The standard InChI is InChI=1S/C24H34N4O3/c29-22(20-10-14-28(15-11-20)24(31)27-12-3-4-13-27)25-17-18-6-5-9-21(16-18)26-23(30)19-7-1-2-8-19/h5-6,9,16,19-20H,1-4,7-8,10-15,17H2,(H,25,29)(H,26,30). The molecule has 0 bridgehead atoms. The van der Waals surface area contributed by atoms with Crippen molar-refractivity contribution in [2.45, 2.75) is 57.9 Å². The van der Waals surface area contributed by atoms with Gasteiger partial charge in [0.2, 0.25) is 11.8 Å². The van der Waals surface area contributed by atoms with E-state index in [9.17, 15) is 14.4 Å². The van der Waals surface area contributed by atoms with Crippen LogP contribution in [0.3, 0.4) is 0 Å². The van der Waals surface area contributed by atoms with Crippen LogP contribution in [0.1, 0.15) is 56.9 Å². The number of carbonyl (C=O) groups excluding carboxylic acids is 3. The van der Waals surface area contributed by atoms with Crippen molar-refractivity contribution < 1.29 is 14.4 Å². The molecule has 4 amide bonds. The van der Waals surface area contributed by atoms with Crippen molar-refractivity contribution in [2.75, 3.05) is 31.5 Å². The maximum atomic E-state index is 12.6. The Morgan fingerprint density at radius 1 is 0.806 bits per heavy atom. The van der Waals surface area contributed by atoms with E-state index in [2.05, 4.69) is 10.6 Å². The third-order valence-electron chi connectivity index (χ3n) is 6.90. The van der Waals surface area contributed by atoms with Crippen molar-refractivity contribution in [2.24, 2.45) is 11.8 Å². The lowest BCUT2D eigenvalue weighted by Crippen LogP contribution is -2.47. The summed E-state index contributed by atoms with van der Waals surface area (Å²) in [6.45, 7) is 3.46. The fourth-order valence-corrected chi connectivity index (χ4v) is 4.97. The van der Waals surface area contributed by atoms with E-state index in [0.29, 0.717) is 32.5 Å². The van der Waals surface area contributed by atoms with Crippen molar-refractivity contribution in [3.8, 4) is 0 Å². The molecule has 1 aliphatic carbocycles. The molecular formula is C24H34N4O3. The lowest BCUT2D eigenvalue weighted by molar-refractivity contribution is -0.126. The highest BCUT2D eigenvalue weighted by Gasteiger charge is 2.30. The molecule has 1 aromatic rings. The number of hydrogen-bond acceptors (Lipinski definition) is 3. The Bertz CT molecular complexity index is 792. The number of anilines is 1. The lowest BCUT2D eigenvalue weighted by Gasteiger charge is -2.34. The molecule has 2 aliphatic heterocycles. The minimum atomic E-state index is -0.0483. The van der Waals surface area contributed by atoms with Gasteiger partial charge in [0.05, 0.1) is 0 Å². The number of urea groups is 1. The van der Waals surface area contributed by atoms with Crippen molar-refractivity contribution in [1.82, 2.24) is 15.1 Å². The van der Waals surface area contributed by atoms with Gasteiger partial charge in [0.1, 0.15) is 0 Å². The van der Waals surface area contributed by atoms with Gasteiger partial charge < -0.3 is 20.4 Å². The highest BCUT2D eigenvalue weighted by Crippen LogP contribution is 2.26. The third kappa shape index (κ3) is 5.57. The van der Waals surface area contributed by atoms with Gasteiger partial charge in [-0.25, -0.2) is 4.79 Å². The van der Waals surface area contributed by atoms with Crippen LogP contribution in [0.2, 0.25) is 0 Å². The van der Waals surface area contributed by atoms with Crippen LogP contribution in [0, 0.1) is 11.8 Å². The van der Waals surface area contributed by atoms with Gasteiger partial charge in [0, 0.05) is 50.2 Å². The number of carbonyl (C=O) groups is 3. The van der Waals surface area contributed by atoms with Gasteiger partial charge in [0.25, 0.3) is 0 Å². The molecule has 31 heavy (non-hydrogen) atoms. The number of amides is 4. The molecule has 1 aromatic carbocycles. The molecule has 0 aromatic heterocycles. The average Bonchev–Trinajstić information content (AvgIpc) is 3.52. The van der Waals surface area contributed by atoms with Crippen LogP contribution in [-0.2, 0) is 16.1 Å². The monoisotopic (exact) mass is 426 g/mol. The van der Waals surface area contributed by atoms with Gasteiger partial charge >= 0.3 is 6.03 Å². The van der Waals surface area contributed by atoms with Gasteiger partial charge in [-0.1, -0.05) is 25.0 Å². The van der Waals surface area contributed by atoms with Crippen LogP contribution in [0.4, 0.5) is 10.5 Å². The molecular weight excluding hydrogens is 392 g/mol. The third-order valence-corrected chi connectivity index (χ3v) is 6.90. The number of benzene rings is 1. The molecule has 2 heterocycles. The van der Waals surface area contributed by atoms with Crippen LogP contribution >= 0.6 is 0 Å². The first-order chi connectivity index (χ1) is 15.1. The van der Waals surface area contributed by atoms with E-state index in [1.54, 1.807) is 0 Å². The fourth-order valence-electron chi connectivity index (χ4n) is 4.97. The van der Waals surface area contributed by atoms with Crippen LogP contribution in [-0.4, -0.2) is 53.8 Å². The van der Waals surface area contributed by atoms with Gasteiger partial charge in [-0.3, -0.25) is 9.59 Å². The van der Waals surface area contributed by atoms with Crippen molar-refractivity contribution in [3.63, 3.8) is 0 Å². The Kier molecular flexibility index (Phi) is 7.10. The van der Waals surface area contributed by atoms with Crippen molar-refractivity contribution in [1.29, 1.82) is 0 Å². The molecule has 0 atom stereocenters. The SMILES string of the molecule is O=C(NCc1cccc(NC(=O)C2CCCC2)c1)C1CCN(C(=O)N2CCCC2)CC1. The Morgan fingerprint density at radius 2 is 1.45 bits per heavy atom. The second-order valence-corrected chi connectivity index (χ2v) is 9.13. The summed E-state index contributed by atoms with van der Waals surface area (Å²) in [6, 6.07) is 7.83. The molecule has 1 saturated carbocycles. The summed E-state index contributed by atoms with van der Waals surface area (Å²) in [6.07, 6.45) is 7.83. The first-order valence-corrected chi connectivity index (χ1v) is 11.8. The first kappa shape index (κ1) is 21.7. The first-order valence-electron chi connectivity index (χ1n) is 11.8. The maximum absolute atomic E-state index is 12.6. The Labute approximate surface area is 184 Å².